The van der Waals surface area contributed by atoms with Crippen LogP contribution in [-0.2, 0) is 0 Å². The summed E-state index contributed by atoms with van der Waals surface area (Å²) in [5, 5.41) is 9.88. The second-order valence-corrected chi connectivity index (χ2v) is 15.3. The predicted molar refractivity (Wildman–Crippen MR) is 244 cm³/mol. The van der Waals surface area contributed by atoms with Gasteiger partial charge in [0.05, 0.1) is 66.9 Å². The smallest absolute Gasteiger partial charge is 0.0803 e. The molecule has 4 heteroatoms. The van der Waals surface area contributed by atoms with Gasteiger partial charge < -0.3 is 18.3 Å². The number of fused-ring (bicyclic) bond motifs is 12. The molecule has 13 aromatic rings. The highest BCUT2D eigenvalue weighted by Crippen LogP contribution is 2.45. The van der Waals surface area contributed by atoms with Crippen molar-refractivity contribution >= 4 is 87.2 Å². The standard InChI is InChI=1S/C54H34N4/c1-8-24-42-35(17-1)36-18-2-9-25-43(36)55(42)49-31-15-16-32-50(49)57-48-30-14-7-23-41(48)53-51(57)33-34-52(56-44-26-10-3-19-37(44)38-20-4-11-27-45(38)56)54(53)58-46-28-12-5-21-39(46)40-22-6-13-29-47(40)58/h1-34H. The van der Waals surface area contributed by atoms with Gasteiger partial charge in [-0.1, -0.05) is 140 Å². The van der Waals surface area contributed by atoms with E-state index in [0.717, 1.165) is 33.8 Å². The third-order valence-electron chi connectivity index (χ3n) is 12.4. The lowest BCUT2D eigenvalue weighted by atomic mass is 10.1. The first-order valence-electron chi connectivity index (χ1n) is 20.0. The Kier molecular flexibility index (Phi) is 6.41. The van der Waals surface area contributed by atoms with Crippen LogP contribution in [-0.4, -0.2) is 18.3 Å². The summed E-state index contributed by atoms with van der Waals surface area (Å²) in [6.45, 7) is 0. The number of benzene rings is 9. The van der Waals surface area contributed by atoms with Crippen molar-refractivity contribution < 1.29 is 0 Å². The number of hydrogen-bond donors (Lipinski definition) is 0. The summed E-state index contributed by atoms with van der Waals surface area (Å²) in [5.74, 6) is 0. The summed E-state index contributed by atoms with van der Waals surface area (Å²) in [6.07, 6.45) is 0. The van der Waals surface area contributed by atoms with Gasteiger partial charge in [0.15, 0.2) is 0 Å². The van der Waals surface area contributed by atoms with Gasteiger partial charge in [0.2, 0.25) is 0 Å². The van der Waals surface area contributed by atoms with Gasteiger partial charge in [-0.25, -0.2) is 0 Å². The SMILES string of the molecule is c1ccc(-n2c3ccccc3c3c(-n4c5ccccc5c5ccccc54)c(-n4c5ccccc5c5ccccc54)ccc32)c(-n2c3ccccc3c3ccccc32)c1. The third kappa shape index (κ3) is 4.13. The summed E-state index contributed by atoms with van der Waals surface area (Å²) in [7, 11) is 0. The van der Waals surface area contributed by atoms with E-state index in [2.05, 4.69) is 225 Å². The molecule has 0 atom stereocenters. The normalized spacial score (nSPS) is 12.1. The quantitative estimate of drug-likeness (QED) is 0.171. The zero-order chi connectivity index (χ0) is 37.9. The molecule has 0 aliphatic carbocycles. The topological polar surface area (TPSA) is 19.7 Å². The molecular formula is C54H34N4. The molecule has 58 heavy (non-hydrogen) atoms. The van der Waals surface area contributed by atoms with Crippen LogP contribution in [0, 0.1) is 0 Å². The van der Waals surface area contributed by atoms with E-state index in [1.807, 2.05) is 0 Å². The summed E-state index contributed by atoms with van der Waals surface area (Å²) >= 11 is 0. The van der Waals surface area contributed by atoms with Crippen molar-refractivity contribution in [2.24, 2.45) is 0 Å². The Hall–Kier alpha value is -7.82. The zero-order valence-corrected chi connectivity index (χ0v) is 31.4. The lowest BCUT2D eigenvalue weighted by Gasteiger charge is -2.20. The van der Waals surface area contributed by atoms with E-state index < -0.39 is 0 Å². The van der Waals surface area contributed by atoms with Crippen molar-refractivity contribution in [3.8, 4) is 22.7 Å². The minimum Gasteiger partial charge on any atom is -0.307 e. The molecule has 0 amide bonds. The highest BCUT2D eigenvalue weighted by atomic mass is 15.1. The van der Waals surface area contributed by atoms with Gasteiger partial charge in [-0.05, 0) is 66.7 Å². The average Bonchev–Trinajstić information content (AvgIpc) is 4.01. The minimum atomic E-state index is 1.12. The van der Waals surface area contributed by atoms with Crippen molar-refractivity contribution in [1.82, 2.24) is 18.3 Å². The number of para-hydroxylation sites is 9. The zero-order valence-electron chi connectivity index (χ0n) is 31.4. The van der Waals surface area contributed by atoms with E-state index in [1.54, 1.807) is 0 Å². The fraction of sp³-hybridized carbons (Fsp3) is 0. The van der Waals surface area contributed by atoms with E-state index in [9.17, 15) is 0 Å². The minimum absolute atomic E-state index is 1.12. The molecule has 0 spiro atoms. The highest BCUT2D eigenvalue weighted by Gasteiger charge is 2.26. The second-order valence-electron chi connectivity index (χ2n) is 15.3. The van der Waals surface area contributed by atoms with Crippen molar-refractivity contribution in [3.05, 3.63) is 206 Å². The third-order valence-corrected chi connectivity index (χ3v) is 12.4. The van der Waals surface area contributed by atoms with Crippen LogP contribution >= 0.6 is 0 Å². The first-order valence-corrected chi connectivity index (χ1v) is 20.0. The average molecular weight is 739 g/mol. The fourth-order valence-corrected chi connectivity index (χ4v) is 10.1. The molecule has 0 fully saturated rings. The van der Waals surface area contributed by atoms with Gasteiger partial charge in [0, 0.05) is 43.1 Å². The number of hydrogen-bond acceptors (Lipinski definition) is 0. The van der Waals surface area contributed by atoms with Crippen molar-refractivity contribution in [2.75, 3.05) is 0 Å². The van der Waals surface area contributed by atoms with Crippen molar-refractivity contribution in [1.29, 1.82) is 0 Å². The van der Waals surface area contributed by atoms with Gasteiger partial charge in [-0.2, -0.15) is 0 Å². The van der Waals surface area contributed by atoms with E-state index in [-0.39, 0.29) is 0 Å². The van der Waals surface area contributed by atoms with Gasteiger partial charge in [0.1, 0.15) is 0 Å². The Morgan fingerprint density at radius 3 is 0.862 bits per heavy atom. The van der Waals surface area contributed by atoms with E-state index in [0.29, 0.717) is 0 Å². The maximum Gasteiger partial charge on any atom is 0.0803 e. The molecule has 9 aromatic carbocycles. The first-order chi connectivity index (χ1) is 28.8. The highest BCUT2D eigenvalue weighted by molar-refractivity contribution is 6.19. The van der Waals surface area contributed by atoms with Crippen molar-refractivity contribution in [3.63, 3.8) is 0 Å². The van der Waals surface area contributed by atoms with E-state index >= 15 is 0 Å². The molecule has 4 aromatic heterocycles. The van der Waals surface area contributed by atoms with Gasteiger partial charge in [-0.3, -0.25) is 0 Å². The molecule has 270 valence electrons. The molecule has 0 saturated heterocycles. The number of nitrogens with zero attached hydrogens (tertiary/aromatic N) is 4. The molecule has 13 rings (SSSR count). The van der Waals surface area contributed by atoms with Crippen LogP contribution in [0.15, 0.2) is 206 Å². The van der Waals surface area contributed by atoms with Crippen LogP contribution in [0.25, 0.3) is 110 Å². The summed E-state index contributed by atoms with van der Waals surface area (Å²) in [5.41, 5.74) is 14.0. The Balaban J connectivity index is 1.23. The van der Waals surface area contributed by atoms with Crippen LogP contribution in [0.4, 0.5) is 0 Å². The monoisotopic (exact) mass is 738 g/mol. The maximum absolute atomic E-state index is 2.53. The Morgan fingerprint density at radius 1 is 0.190 bits per heavy atom. The van der Waals surface area contributed by atoms with E-state index in [1.165, 1.54) is 76.2 Å². The molecule has 0 saturated carbocycles. The summed E-state index contributed by atoms with van der Waals surface area (Å²) < 4.78 is 9.96. The molecule has 4 nitrogen and oxygen atoms in total. The van der Waals surface area contributed by atoms with Gasteiger partial charge in [-0.15, -0.1) is 0 Å². The number of aromatic nitrogens is 4. The van der Waals surface area contributed by atoms with Crippen LogP contribution in [0.3, 0.4) is 0 Å². The van der Waals surface area contributed by atoms with Crippen molar-refractivity contribution in [2.45, 2.75) is 0 Å². The van der Waals surface area contributed by atoms with Crippen LogP contribution in [0.2, 0.25) is 0 Å². The van der Waals surface area contributed by atoms with Crippen LogP contribution in [0.5, 0.6) is 0 Å². The number of rotatable bonds is 4. The van der Waals surface area contributed by atoms with Crippen LogP contribution < -0.4 is 0 Å². The lowest BCUT2D eigenvalue weighted by molar-refractivity contribution is 1.09. The molecule has 0 radical (unpaired) electrons. The first kappa shape index (κ1) is 31.4. The Bertz CT molecular complexity index is 3650. The second kappa shape index (κ2) is 11.8. The fourth-order valence-electron chi connectivity index (χ4n) is 10.1. The largest absolute Gasteiger partial charge is 0.307 e. The molecule has 0 aliphatic heterocycles. The molecule has 4 heterocycles. The van der Waals surface area contributed by atoms with Gasteiger partial charge in [0.25, 0.3) is 0 Å². The summed E-state index contributed by atoms with van der Waals surface area (Å²) in [6, 6.07) is 75.5. The van der Waals surface area contributed by atoms with Crippen LogP contribution in [0.1, 0.15) is 0 Å². The lowest BCUT2D eigenvalue weighted by Crippen LogP contribution is -2.06. The molecule has 0 N–H and O–H groups in total. The molecule has 0 bridgehead atoms. The maximum atomic E-state index is 2.53. The molecular weight excluding hydrogens is 705 g/mol. The van der Waals surface area contributed by atoms with Gasteiger partial charge >= 0.3 is 0 Å². The molecule has 0 unspecified atom stereocenters. The molecule has 0 aliphatic rings. The Morgan fingerprint density at radius 2 is 0.466 bits per heavy atom. The Labute approximate surface area is 333 Å². The predicted octanol–water partition coefficient (Wildman–Crippen LogP) is 14.1. The summed E-state index contributed by atoms with van der Waals surface area (Å²) in [4.78, 5) is 0. The van der Waals surface area contributed by atoms with E-state index in [4.69, 9.17) is 0 Å².